The third-order valence-corrected chi connectivity index (χ3v) is 5.92. The fourth-order valence-electron chi connectivity index (χ4n) is 3.99. The highest BCUT2D eigenvalue weighted by molar-refractivity contribution is 6.04. The third-order valence-electron chi connectivity index (χ3n) is 5.92. The van der Waals surface area contributed by atoms with Crippen LogP contribution in [-0.4, -0.2) is 60.7 Å². The Kier molecular flexibility index (Phi) is 8.07. The van der Waals surface area contributed by atoms with E-state index < -0.39 is 5.56 Å². The van der Waals surface area contributed by atoms with Crippen molar-refractivity contribution in [3.63, 3.8) is 0 Å². The highest BCUT2D eigenvalue weighted by Crippen LogP contribution is 2.14. The van der Waals surface area contributed by atoms with Gasteiger partial charge in [-0.05, 0) is 68.4 Å². The van der Waals surface area contributed by atoms with Crippen LogP contribution in [0.4, 0.5) is 5.69 Å². The van der Waals surface area contributed by atoms with Gasteiger partial charge in [-0.15, -0.1) is 0 Å². The van der Waals surface area contributed by atoms with Gasteiger partial charge in [-0.25, -0.2) is 0 Å². The first kappa shape index (κ1) is 24.4. The first-order chi connectivity index (χ1) is 17.0. The van der Waals surface area contributed by atoms with E-state index in [2.05, 4.69) is 15.5 Å². The molecule has 2 heterocycles. The number of nitrogens with one attached hydrogen (secondary N) is 2. The zero-order valence-corrected chi connectivity index (χ0v) is 19.8. The molecule has 1 aromatic heterocycles. The molecule has 8 nitrogen and oxygen atoms in total. The van der Waals surface area contributed by atoms with Crippen LogP contribution in [-0.2, 0) is 4.74 Å². The molecule has 0 atom stereocenters. The van der Waals surface area contributed by atoms with Gasteiger partial charge in [-0.3, -0.25) is 23.9 Å². The fourth-order valence-corrected chi connectivity index (χ4v) is 3.99. The van der Waals surface area contributed by atoms with Gasteiger partial charge >= 0.3 is 0 Å². The quantitative estimate of drug-likeness (QED) is 0.490. The smallest absolute Gasteiger partial charge is 0.267 e. The van der Waals surface area contributed by atoms with Gasteiger partial charge in [-0.2, -0.15) is 0 Å². The van der Waals surface area contributed by atoms with E-state index in [1.165, 1.54) is 10.6 Å². The molecule has 182 valence electrons. The number of anilines is 1. The summed E-state index contributed by atoms with van der Waals surface area (Å²) >= 11 is 0. The summed E-state index contributed by atoms with van der Waals surface area (Å²) in [6.45, 7) is 6.63. The van der Waals surface area contributed by atoms with Crippen molar-refractivity contribution < 1.29 is 14.3 Å². The van der Waals surface area contributed by atoms with Crippen LogP contribution in [0.25, 0.3) is 5.69 Å². The minimum Gasteiger partial charge on any atom is -0.379 e. The topological polar surface area (TPSA) is 92.7 Å². The molecule has 0 aliphatic carbocycles. The number of benzene rings is 2. The standard InChI is InChI=1S/C27H30N4O4/c1-20-5-2-6-21(19-20)25(32)29-22-8-10-23(11-9-22)31-14-3-7-24(27(31)34)26(33)28-12-4-13-30-15-17-35-18-16-30/h2-3,5-11,14,19H,4,12-13,15-18H2,1H3,(H,28,33)(H,29,32). The maximum atomic E-state index is 13.0. The van der Waals surface area contributed by atoms with Crippen LogP contribution in [0.2, 0.25) is 0 Å². The molecule has 1 saturated heterocycles. The summed E-state index contributed by atoms with van der Waals surface area (Å²) in [7, 11) is 0. The number of rotatable bonds is 8. The second-order valence-corrected chi connectivity index (χ2v) is 8.53. The third kappa shape index (κ3) is 6.44. The molecular formula is C27H30N4O4. The van der Waals surface area contributed by atoms with Crippen LogP contribution in [0, 0.1) is 6.92 Å². The van der Waals surface area contributed by atoms with E-state index in [9.17, 15) is 14.4 Å². The van der Waals surface area contributed by atoms with Crippen molar-refractivity contribution in [3.8, 4) is 5.69 Å². The van der Waals surface area contributed by atoms with Crippen LogP contribution in [0.1, 0.15) is 32.7 Å². The summed E-state index contributed by atoms with van der Waals surface area (Å²) in [5.41, 5.74) is 2.50. The molecule has 0 radical (unpaired) electrons. The Labute approximate surface area is 204 Å². The number of morpholine rings is 1. The van der Waals surface area contributed by atoms with E-state index in [1.54, 1.807) is 42.6 Å². The maximum Gasteiger partial charge on any atom is 0.267 e. The molecule has 3 aromatic rings. The van der Waals surface area contributed by atoms with E-state index >= 15 is 0 Å². The molecule has 0 bridgehead atoms. The molecule has 1 fully saturated rings. The van der Waals surface area contributed by atoms with Gasteiger partial charge in [0.25, 0.3) is 17.4 Å². The van der Waals surface area contributed by atoms with Gasteiger partial charge in [0, 0.05) is 42.8 Å². The number of hydrogen-bond donors (Lipinski definition) is 2. The Morgan fingerprint density at radius 3 is 2.49 bits per heavy atom. The maximum absolute atomic E-state index is 13.0. The Morgan fingerprint density at radius 1 is 0.971 bits per heavy atom. The molecule has 0 unspecified atom stereocenters. The lowest BCUT2D eigenvalue weighted by molar-refractivity contribution is 0.0374. The summed E-state index contributed by atoms with van der Waals surface area (Å²) in [6, 6.07) is 17.5. The van der Waals surface area contributed by atoms with Crippen molar-refractivity contribution >= 4 is 17.5 Å². The summed E-state index contributed by atoms with van der Waals surface area (Å²) in [6.07, 6.45) is 2.43. The first-order valence-corrected chi connectivity index (χ1v) is 11.8. The molecule has 0 saturated carbocycles. The SMILES string of the molecule is Cc1cccc(C(=O)Nc2ccc(-n3cccc(C(=O)NCCCN4CCOCC4)c3=O)cc2)c1. The van der Waals surface area contributed by atoms with Gasteiger partial charge in [0.05, 0.1) is 13.2 Å². The monoisotopic (exact) mass is 474 g/mol. The van der Waals surface area contributed by atoms with Crippen molar-refractivity contribution in [1.82, 2.24) is 14.8 Å². The van der Waals surface area contributed by atoms with Crippen molar-refractivity contribution in [2.24, 2.45) is 0 Å². The lowest BCUT2D eigenvalue weighted by atomic mass is 10.1. The molecule has 1 aliphatic heterocycles. The van der Waals surface area contributed by atoms with Crippen LogP contribution < -0.4 is 16.2 Å². The highest BCUT2D eigenvalue weighted by atomic mass is 16.5. The number of hydrogen-bond acceptors (Lipinski definition) is 5. The Bertz CT molecular complexity index is 1230. The van der Waals surface area contributed by atoms with Crippen LogP contribution in [0.5, 0.6) is 0 Å². The molecule has 4 rings (SSSR count). The number of carbonyl (C=O) groups is 2. The molecule has 2 N–H and O–H groups in total. The van der Waals surface area contributed by atoms with Crippen LogP contribution >= 0.6 is 0 Å². The molecule has 2 amide bonds. The lowest BCUT2D eigenvalue weighted by Gasteiger charge is -2.26. The largest absolute Gasteiger partial charge is 0.379 e. The van der Waals surface area contributed by atoms with Crippen LogP contribution in [0.3, 0.4) is 0 Å². The lowest BCUT2D eigenvalue weighted by Crippen LogP contribution is -2.38. The number of ether oxygens (including phenoxy) is 1. The van der Waals surface area contributed by atoms with E-state index in [4.69, 9.17) is 4.74 Å². The first-order valence-electron chi connectivity index (χ1n) is 11.8. The molecule has 35 heavy (non-hydrogen) atoms. The molecule has 8 heteroatoms. The average Bonchev–Trinajstić information content (AvgIpc) is 2.88. The zero-order valence-electron chi connectivity index (χ0n) is 19.8. The Morgan fingerprint density at radius 2 is 1.74 bits per heavy atom. The summed E-state index contributed by atoms with van der Waals surface area (Å²) in [4.78, 5) is 40.4. The Hall–Kier alpha value is -3.75. The van der Waals surface area contributed by atoms with E-state index in [0.717, 1.165) is 44.8 Å². The van der Waals surface area contributed by atoms with Crippen molar-refractivity contribution in [2.45, 2.75) is 13.3 Å². The molecule has 1 aliphatic rings. The summed E-state index contributed by atoms with van der Waals surface area (Å²) in [5.74, 6) is -0.584. The Balaban J connectivity index is 1.37. The van der Waals surface area contributed by atoms with Crippen LogP contribution in [0.15, 0.2) is 71.7 Å². The average molecular weight is 475 g/mol. The molecule has 2 aromatic carbocycles. The molecular weight excluding hydrogens is 444 g/mol. The van der Waals surface area contributed by atoms with Crippen molar-refractivity contribution in [2.75, 3.05) is 44.7 Å². The molecule has 0 spiro atoms. The predicted molar refractivity (Wildman–Crippen MR) is 135 cm³/mol. The van der Waals surface area contributed by atoms with Crippen molar-refractivity contribution in [3.05, 3.63) is 93.9 Å². The number of nitrogens with zero attached hydrogens (tertiary/aromatic N) is 2. The van der Waals surface area contributed by atoms with Gasteiger partial charge in [0.2, 0.25) is 0 Å². The number of aryl methyl sites for hydroxylation is 1. The minimum atomic E-state index is -0.394. The number of carbonyl (C=O) groups excluding carboxylic acids is 2. The number of aromatic nitrogens is 1. The van der Waals surface area contributed by atoms with Gasteiger partial charge in [-0.1, -0.05) is 17.7 Å². The fraction of sp³-hybridized carbons (Fsp3) is 0.296. The summed E-state index contributed by atoms with van der Waals surface area (Å²) in [5, 5.41) is 5.71. The van der Waals surface area contributed by atoms with Gasteiger partial charge in [0.15, 0.2) is 0 Å². The summed E-state index contributed by atoms with van der Waals surface area (Å²) < 4.78 is 6.77. The second kappa shape index (κ2) is 11.6. The predicted octanol–water partition coefficient (Wildman–Crippen LogP) is 2.85. The second-order valence-electron chi connectivity index (χ2n) is 8.53. The normalized spacial score (nSPS) is 13.9. The highest BCUT2D eigenvalue weighted by Gasteiger charge is 2.14. The number of pyridine rings is 1. The van der Waals surface area contributed by atoms with E-state index in [0.29, 0.717) is 23.5 Å². The number of amides is 2. The van der Waals surface area contributed by atoms with Gasteiger partial charge < -0.3 is 15.4 Å². The van der Waals surface area contributed by atoms with E-state index in [1.807, 2.05) is 25.1 Å². The van der Waals surface area contributed by atoms with E-state index in [-0.39, 0.29) is 17.4 Å². The van der Waals surface area contributed by atoms with Crippen molar-refractivity contribution in [1.29, 1.82) is 0 Å². The minimum absolute atomic E-state index is 0.0932. The zero-order chi connectivity index (χ0) is 24.6. The van der Waals surface area contributed by atoms with Gasteiger partial charge in [0.1, 0.15) is 5.56 Å².